The highest BCUT2D eigenvalue weighted by Gasteiger charge is 2.37. The third-order valence-electron chi connectivity index (χ3n) is 4.60. The van der Waals surface area contributed by atoms with Gasteiger partial charge in [0.2, 0.25) is 0 Å². The quantitative estimate of drug-likeness (QED) is 0.651. The van der Waals surface area contributed by atoms with Gasteiger partial charge in [-0.2, -0.15) is 26.3 Å². The van der Waals surface area contributed by atoms with Crippen LogP contribution in [0.1, 0.15) is 21.5 Å². The lowest BCUT2D eigenvalue weighted by Crippen LogP contribution is -2.48. The van der Waals surface area contributed by atoms with Crippen LogP contribution in [0, 0.1) is 5.82 Å². The number of nitrogens with zero attached hydrogens (tertiary/aromatic N) is 2. The largest absolute Gasteiger partial charge is 0.416 e. The summed E-state index contributed by atoms with van der Waals surface area (Å²) in [4.78, 5) is 15.2. The van der Waals surface area contributed by atoms with Crippen LogP contribution in [0.3, 0.4) is 0 Å². The summed E-state index contributed by atoms with van der Waals surface area (Å²) in [5.41, 5.74) is -2.72. The van der Waals surface area contributed by atoms with Crippen molar-refractivity contribution in [2.45, 2.75) is 12.4 Å². The number of hydrogen-bond donors (Lipinski definition) is 0. The van der Waals surface area contributed by atoms with Crippen LogP contribution in [-0.4, -0.2) is 37.0 Å². The van der Waals surface area contributed by atoms with Gasteiger partial charge in [0.1, 0.15) is 5.82 Å². The molecule has 1 saturated heterocycles. The molecular formula is C19H15F7N2O. The molecule has 0 saturated carbocycles. The molecule has 3 rings (SSSR count). The van der Waals surface area contributed by atoms with Crippen LogP contribution < -0.4 is 4.90 Å². The average Bonchev–Trinajstić information content (AvgIpc) is 2.66. The number of rotatable bonds is 2. The van der Waals surface area contributed by atoms with Gasteiger partial charge in [-0.3, -0.25) is 4.79 Å². The fourth-order valence-corrected chi connectivity index (χ4v) is 3.06. The summed E-state index contributed by atoms with van der Waals surface area (Å²) in [5.74, 6) is -0.888. The second kappa shape index (κ2) is 7.57. The Morgan fingerprint density at radius 2 is 1.24 bits per heavy atom. The second-order valence-corrected chi connectivity index (χ2v) is 6.55. The van der Waals surface area contributed by atoms with Crippen molar-refractivity contribution in [3.8, 4) is 0 Å². The Morgan fingerprint density at radius 3 is 1.69 bits per heavy atom. The normalized spacial score (nSPS) is 15.6. The van der Waals surface area contributed by atoms with Crippen LogP contribution in [0.4, 0.5) is 36.4 Å². The molecule has 0 aromatic heterocycles. The maximum absolute atomic E-state index is 13.0. The Labute approximate surface area is 161 Å². The average molecular weight is 420 g/mol. The van der Waals surface area contributed by atoms with Gasteiger partial charge in [0.25, 0.3) is 5.91 Å². The van der Waals surface area contributed by atoms with Crippen molar-refractivity contribution in [2.24, 2.45) is 0 Å². The summed E-state index contributed by atoms with van der Waals surface area (Å²) in [6.07, 6.45) is -9.84. The zero-order valence-corrected chi connectivity index (χ0v) is 14.8. The molecule has 1 amide bonds. The maximum Gasteiger partial charge on any atom is 0.416 e. The van der Waals surface area contributed by atoms with Gasteiger partial charge in [-0.15, -0.1) is 0 Å². The summed E-state index contributed by atoms with van der Waals surface area (Å²) in [6.45, 7) is 0.332. The van der Waals surface area contributed by atoms with Crippen LogP contribution in [-0.2, 0) is 12.4 Å². The molecule has 0 atom stereocenters. The number of piperazine rings is 1. The zero-order valence-electron chi connectivity index (χ0n) is 14.8. The molecule has 0 aliphatic carbocycles. The summed E-state index contributed by atoms with van der Waals surface area (Å²) in [6, 6.07) is 6.31. The summed E-state index contributed by atoms with van der Waals surface area (Å²) in [5, 5.41) is 0. The Morgan fingerprint density at radius 1 is 0.759 bits per heavy atom. The third-order valence-corrected chi connectivity index (χ3v) is 4.60. The van der Waals surface area contributed by atoms with E-state index in [0.717, 1.165) is 12.1 Å². The first-order valence-corrected chi connectivity index (χ1v) is 8.54. The minimum absolute atomic E-state index is 0.0611. The van der Waals surface area contributed by atoms with Crippen molar-refractivity contribution in [1.29, 1.82) is 0 Å². The van der Waals surface area contributed by atoms with Crippen LogP contribution in [0.15, 0.2) is 42.5 Å². The minimum atomic E-state index is -4.92. The van der Waals surface area contributed by atoms with E-state index in [9.17, 15) is 35.5 Å². The van der Waals surface area contributed by atoms with E-state index in [1.165, 1.54) is 21.9 Å². The second-order valence-electron chi connectivity index (χ2n) is 6.55. The SMILES string of the molecule is O=C(c1ccc(F)cc1)N1CCN(c2cc(C(F)(F)F)cc(C(F)(F)F)c2)CC1. The van der Waals surface area contributed by atoms with Crippen molar-refractivity contribution in [2.75, 3.05) is 31.1 Å². The zero-order chi connectivity index (χ0) is 21.4. The third kappa shape index (κ3) is 4.80. The van der Waals surface area contributed by atoms with Crippen LogP contribution in [0.2, 0.25) is 0 Å². The first kappa shape index (κ1) is 20.9. The molecule has 0 unspecified atom stereocenters. The van der Waals surface area contributed by atoms with Gasteiger partial charge < -0.3 is 9.80 Å². The fourth-order valence-electron chi connectivity index (χ4n) is 3.06. The van der Waals surface area contributed by atoms with Gasteiger partial charge in [0.15, 0.2) is 0 Å². The number of halogens is 7. The number of alkyl halides is 6. The highest BCUT2D eigenvalue weighted by atomic mass is 19.4. The lowest BCUT2D eigenvalue weighted by Gasteiger charge is -2.36. The molecule has 156 valence electrons. The number of anilines is 1. The van der Waals surface area contributed by atoms with E-state index < -0.39 is 29.3 Å². The van der Waals surface area contributed by atoms with E-state index in [1.54, 1.807) is 0 Å². The van der Waals surface area contributed by atoms with Crippen LogP contribution >= 0.6 is 0 Å². The van der Waals surface area contributed by atoms with Crippen LogP contribution in [0.5, 0.6) is 0 Å². The lowest BCUT2D eigenvalue weighted by atomic mass is 10.1. The number of benzene rings is 2. The van der Waals surface area contributed by atoms with Crippen molar-refractivity contribution in [3.63, 3.8) is 0 Å². The Hall–Kier alpha value is -2.78. The molecule has 3 nitrogen and oxygen atoms in total. The maximum atomic E-state index is 13.0. The van der Waals surface area contributed by atoms with Gasteiger partial charge in [-0.25, -0.2) is 4.39 Å². The van der Waals surface area contributed by atoms with E-state index in [2.05, 4.69) is 0 Å². The molecule has 1 fully saturated rings. The molecule has 0 spiro atoms. The topological polar surface area (TPSA) is 23.6 Å². The first-order valence-electron chi connectivity index (χ1n) is 8.54. The highest BCUT2D eigenvalue weighted by Crippen LogP contribution is 2.38. The first-order chi connectivity index (χ1) is 13.4. The van der Waals surface area contributed by atoms with Crippen molar-refractivity contribution < 1.29 is 35.5 Å². The predicted molar refractivity (Wildman–Crippen MR) is 91.0 cm³/mol. The summed E-state index contributed by atoms with van der Waals surface area (Å²) in [7, 11) is 0. The van der Waals surface area contributed by atoms with E-state index in [1.807, 2.05) is 0 Å². The molecule has 1 heterocycles. The van der Waals surface area contributed by atoms with Gasteiger partial charge in [-0.1, -0.05) is 0 Å². The predicted octanol–water partition coefficient (Wildman–Crippen LogP) is 4.83. The monoisotopic (exact) mass is 420 g/mol. The lowest BCUT2D eigenvalue weighted by molar-refractivity contribution is -0.143. The van der Waals surface area contributed by atoms with Gasteiger partial charge in [-0.05, 0) is 42.5 Å². The molecule has 2 aromatic carbocycles. The number of carbonyl (C=O) groups is 1. The molecule has 0 radical (unpaired) electrons. The molecular weight excluding hydrogens is 405 g/mol. The number of amides is 1. The Balaban J connectivity index is 1.78. The molecule has 10 heteroatoms. The molecule has 29 heavy (non-hydrogen) atoms. The standard InChI is InChI=1S/C19H15F7N2O/c20-15-3-1-12(2-4-15)17(29)28-7-5-27(6-8-28)16-10-13(18(21,22)23)9-14(11-16)19(24,25)26/h1-4,9-11H,5-8H2. The number of carbonyl (C=O) groups excluding carboxylic acids is 1. The fraction of sp³-hybridized carbons (Fsp3) is 0.316. The van der Waals surface area contributed by atoms with Gasteiger partial charge >= 0.3 is 12.4 Å². The molecule has 1 aliphatic rings. The van der Waals surface area contributed by atoms with Crippen molar-refractivity contribution in [3.05, 3.63) is 65.0 Å². The molecule has 0 N–H and O–H groups in total. The van der Waals surface area contributed by atoms with E-state index in [-0.39, 0.29) is 49.4 Å². The van der Waals surface area contributed by atoms with E-state index >= 15 is 0 Å². The molecule has 0 bridgehead atoms. The van der Waals surface area contributed by atoms with Crippen LogP contribution in [0.25, 0.3) is 0 Å². The summed E-state index contributed by atoms with van der Waals surface area (Å²) >= 11 is 0. The molecule has 1 aliphatic heterocycles. The highest BCUT2D eigenvalue weighted by molar-refractivity contribution is 5.94. The summed E-state index contributed by atoms with van der Waals surface area (Å²) < 4.78 is 91.1. The van der Waals surface area contributed by atoms with E-state index in [0.29, 0.717) is 12.1 Å². The van der Waals surface area contributed by atoms with E-state index in [4.69, 9.17) is 0 Å². The molecule has 2 aromatic rings. The van der Waals surface area contributed by atoms with Gasteiger partial charge in [0, 0.05) is 37.4 Å². The Kier molecular flexibility index (Phi) is 5.46. The Bertz CT molecular complexity index is 851. The minimum Gasteiger partial charge on any atom is -0.368 e. The van der Waals surface area contributed by atoms with Crippen molar-refractivity contribution >= 4 is 11.6 Å². The smallest absolute Gasteiger partial charge is 0.368 e. The van der Waals surface area contributed by atoms with Crippen molar-refractivity contribution in [1.82, 2.24) is 4.90 Å². The van der Waals surface area contributed by atoms with Gasteiger partial charge in [0.05, 0.1) is 11.1 Å². The number of hydrogen-bond acceptors (Lipinski definition) is 2.